The lowest BCUT2D eigenvalue weighted by Crippen LogP contribution is -2.41. The van der Waals surface area contributed by atoms with E-state index in [-0.39, 0.29) is 0 Å². The van der Waals surface area contributed by atoms with Crippen molar-refractivity contribution < 1.29 is 4.74 Å². The van der Waals surface area contributed by atoms with Crippen molar-refractivity contribution in [2.75, 3.05) is 51.2 Å². The zero-order valence-corrected chi connectivity index (χ0v) is 12.3. The number of hydrogen-bond acceptors (Lipinski definition) is 3. The van der Waals surface area contributed by atoms with E-state index in [9.17, 15) is 0 Å². The lowest BCUT2D eigenvalue weighted by atomic mass is 10.1. The summed E-state index contributed by atoms with van der Waals surface area (Å²) >= 11 is 3.41. The van der Waals surface area contributed by atoms with E-state index in [0.717, 1.165) is 11.9 Å². The van der Waals surface area contributed by atoms with Crippen LogP contribution in [0.5, 0.6) is 0 Å². The maximum atomic E-state index is 5.77. The summed E-state index contributed by atoms with van der Waals surface area (Å²) in [4.78, 5) is 5.21. The summed E-state index contributed by atoms with van der Waals surface area (Å²) in [7, 11) is 0. The molecule has 0 atom stereocenters. The lowest BCUT2D eigenvalue weighted by Gasteiger charge is -2.32. The zero-order chi connectivity index (χ0) is 11.9. The van der Waals surface area contributed by atoms with Gasteiger partial charge in [-0.05, 0) is 38.8 Å². The van der Waals surface area contributed by atoms with Gasteiger partial charge in [0.05, 0.1) is 12.7 Å². The van der Waals surface area contributed by atoms with Crippen LogP contribution >= 0.6 is 15.9 Å². The molecule has 0 N–H and O–H groups in total. The molecular formula is C13H25BrN2O. The van der Waals surface area contributed by atoms with E-state index >= 15 is 0 Å². The molecule has 0 bridgehead atoms. The van der Waals surface area contributed by atoms with E-state index in [1.807, 2.05) is 0 Å². The van der Waals surface area contributed by atoms with Crippen LogP contribution in [0.25, 0.3) is 0 Å². The Bertz CT molecular complexity index is 202. The first kappa shape index (κ1) is 13.8. The first-order valence-corrected chi connectivity index (χ1v) is 8.13. The standard InChI is InChI=1S/C13H25BrN2O/c14-5-12-17-13-3-8-16(9-4-13)11-10-15-6-1-2-7-15/h13H,1-12H2. The second kappa shape index (κ2) is 7.72. The van der Waals surface area contributed by atoms with E-state index in [1.54, 1.807) is 0 Å². The monoisotopic (exact) mass is 304 g/mol. The van der Waals surface area contributed by atoms with E-state index < -0.39 is 0 Å². The van der Waals surface area contributed by atoms with Crippen molar-refractivity contribution in [2.24, 2.45) is 0 Å². The fourth-order valence-electron chi connectivity index (χ4n) is 2.80. The maximum absolute atomic E-state index is 5.77. The summed E-state index contributed by atoms with van der Waals surface area (Å²) in [5.41, 5.74) is 0. The molecule has 2 saturated heterocycles. The molecule has 2 aliphatic rings. The van der Waals surface area contributed by atoms with Crippen LogP contribution < -0.4 is 0 Å². The van der Waals surface area contributed by atoms with Gasteiger partial charge in [0.15, 0.2) is 0 Å². The van der Waals surface area contributed by atoms with Crippen molar-refractivity contribution in [3.63, 3.8) is 0 Å². The van der Waals surface area contributed by atoms with Crippen molar-refractivity contribution in [1.82, 2.24) is 9.80 Å². The molecule has 2 heterocycles. The highest BCUT2D eigenvalue weighted by Crippen LogP contribution is 2.14. The first-order valence-electron chi connectivity index (χ1n) is 7.01. The fourth-order valence-corrected chi connectivity index (χ4v) is 2.99. The summed E-state index contributed by atoms with van der Waals surface area (Å²) in [5, 5.41) is 0.960. The first-order chi connectivity index (χ1) is 8.38. The topological polar surface area (TPSA) is 15.7 Å². The molecule has 17 heavy (non-hydrogen) atoms. The van der Waals surface area contributed by atoms with Crippen molar-refractivity contribution in [3.05, 3.63) is 0 Å². The molecule has 0 amide bonds. The Labute approximate surface area is 114 Å². The Morgan fingerprint density at radius 1 is 0.941 bits per heavy atom. The predicted octanol–water partition coefficient (Wildman–Crippen LogP) is 1.96. The summed E-state index contributed by atoms with van der Waals surface area (Å²) < 4.78 is 5.77. The Morgan fingerprint density at radius 3 is 2.12 bits per heavy atom. The molecule has 2 fully saturated rings. The minimum atomic E-state index is 0.510. The second-order valence-electron chi connectivity index (χ2n) is 5.15. The molecule has 0 aliphatic carbocycles. The van der Waals surface area contributed by atoms with E-state index in [1.165, 1.54) is 65.0 Å². The van der Waals surface area contributed by atoms with Crippen LogP contribution in [-0.4, -0.2) is 67.1 Å². The van der Waals surface area contributed by atoms with Crippen LogP contribution in [0.1, 0.15) is 25.7 Å². The minimum Gasteiger partial charge on any atom is -0.377 e. The molecule has 0 radical (unpaired) electrons. The summed E-state index contributed by atoms with van der Waals surface area (Å²) in [6.07, 6.45) is 5.75. The van der Waals surface area contributed by atoms with Crippen molar-refractivity contribution in [1.29, 1.82) is 0 Å². The molecule has 2 rings (SSSR count). The SMILES string of the molecule is BrCCOC1CCN(CCN2CCCC2)CC1. The number of alkyl halides is 1. The van der Waals surface area contributed by atoms with Gasteiger partial charge in [-0.3, -0.25) is 0 Å². The molecular weight excluding hydrogens is 280 g/mol. The van der Waals surface area contributed by atoms with Gasteiger partial charge in [-0.1, -0.05) is 15.9 Å². The number of halogens is 1. The largest absolute Gasteiger partial charge is 0.377 e. The Morgan fingerprint density at radius 2 is 1.53 bits per heavy atom. The third-order valence-electron chi connectivity index (χ3n) is 3.90. The summed E-state index contributed by atoms with van der Waals surface area (Å²) in [6.45, 7) is 8.48. The zero-order valence-electron chi connectivity index (χ0n) is 10.7. The quantitative estimate of drug-likeness (QED) is 0.698. The van der Waals surface area contributed by atoms with Gasteiger partial charge >= 0.3 is 0 Å². The average molecular weight is 305 g/mol. The summed E-state index contributed by atoms with van der Waals surface area (Å²) in [6, 6.07) is 0. The Balaban J connectivity index is 1.55. The van der Waals surface area contributed by atoms with Gasteiger partial charge in [0.1, 0.15) is 0 Å². The van der Waals surface area contributed by atoms with Crippen LogP contribution in [0, 0.1) is 0 Å². The molecule has 0 spiro atoms. The average Bonchev–Trinajstić information content (AvgIpc) is 2.88. The maximum Gasteiger partial charge on any atom is 0.0599 e. The highest BCUT2D eigenvalue weighted by molar-refractivity contribution is 9.09. The van der Waals surface area contributed by atoms with E-state index in [4.69, 9.17) is 4.74 Å². The number of nitrogens with zero attached hydrogens (tertiary/aromatic N) is 2. The smallest absolute Gasteiger partial charge is 0.0599 e. The minimum absolute atomic E-state index is 0.510. The van der Waals surface area contributed by atoms with Gasteiger partial charge in [0, 0.05) is 31.5 Å². The molecule has 3 nitrogen and oxygen atoms in total. The third kappa shape index (κ3) is 4.86. The van der Waals surface area contributed by atoms with Crippen LogP contribution in [-0.2, 0) is 4.74 Å². The number of ether oxygens (including phenoxy) is 1. The van der Waals surface area contributed by atoms with E-state index in [0.29, 0.717) is 6.10 Å². The summed E-state index contributed by atoms with van der Waals surface area (Å²) in [5.74, 6) is 0. The van der Waals surface area contributed by atoms with Gasteiger partial charge < -0.3 is 14.5 Å². The van der Waals surface area contributed by atoms with Crippen molar-refractivity contribution in [2.45, 2.75) is 31.8 Å². The molecule has 2 aliphatic heterocycles. The third-order valence-corrected chi connectivity index (χ3v) is 4.22. The van der Waals surface area contributed by atoms with Crippen LogP contribution in [0.4, 0.5) is 0 Å². The second-order valence-corrected chi connectivity index (χ2v) is 5.94. The number of piperidine rings is 1. The molecule has 4 heteroatoms. The molecule has 100 valence electrons. The van der Waals surface area contributed by atoms with Gasteiger partial charge in [-0.15, -0.1) is 0 Å². The Hall–Kier alpha value is 0.360. The van der Waals surface area contributed by atoms with Crippen LogP contribution in [0.3, 0.4) is 0 Å². The predicted molar refractivity (Wildman–Crippen MR) is 74.9 cm³/mol. The highest BCUT2D eigenvalue weighted by atomic mass is 79.9. The molecule has 0 unspecified atom stereocenters. The molecule has 0 saturated carbocycles. The van der Waals surface area contributed by atoms with Crippen LogP contribution in [0.15, 0.2) is 0 Å². The van der Waals surface area contributed by atoms with Gasteiger partial charge in [0.2, 0.25) is 0 Å². The lowest BCUT2D eigenvalue weighted by molar-refractivity contribution is 0.0145. The normalized spacial score (nSPS) is 24.5. The Kier molecular flexibility index (Phi) is 6.26. The van der Waals surface area contributed by atoms with Crippen LogP contribution in [0.2, 0.25) is 0 Å². The van der Waals surface area contributed by atoms with Crippen molar-refractivity contribution >= 4 is 15.9 Å². The van der Waals surface area contributed by atoms with Gasteiger partial charge in [-0.2, -0.15) is 0 Å². The van der Waals surface area contributed by atoms with Crippen molar-refractivity contribution in [3.8, 4) is 0 Å². The van der Waals surface area contributed by atoms with Gasteiger partial charge in [-0.25, -0.2) is 0 Å². The fraction of sp³-hybridized carbons (Fsp3) is 1.00. The highest BCUT2D eigenvalue weighted by Gasteiger charge is 2.20. The number of likely N-dealkylation sites (tertiary alicyclic amines) is 2. The molecule has 0 aromatic heterocycles. The number of rotatable bonds is 6. The number of hydrogen-bond donors (Lipinski definition) is 0. The van der Waals surface area contributed by atoms with E-state index in [2.05, 4.69) is 25.7 Å². The molecule has 0 aromatic carbocycles. The molecule has 0 aromatic rings. The van der Waals surface area contributed by atoms with Gasteiger partial charge in [0.25, 0.3) is 0 Å².